The van der Waals surface area contributed by atoms with Crippen LogP contribution in [0, 0.1) is 0 Å². The number of ether oxygens (including phenoxy) is 1. The number of amides is 1. The van der Waals surface area contributed by atoms with Gasteiger partial charge in [0.25, 0.3) is 5.91 Å². The molecule has 2 fully saturated rings. The second kappa shape index (κ2) is 7.58. The van der Waals surface area contributed by atoms with Crippen molar-refractivity contribution in [2.75, 3.05) is 18.5 Å². The number of nitrogens with zero attached hydrogens (tertiary/aromatic N) is 1. The van der Waals surface area contributed by atoms with Gasteiger partial charge in [0.05, 0.1) is 11.7 Å². The second-order valence-electron chi connectivity index (χ2n) is 6.22. The number of carbonyl (C=O) groups is 1. The van der Waals surface area contributed by atoms with Crippen LogP contribution in [0.5, 0.6) is 0 Å². The number of carbonyl (C=O) groups excluding carboxylic acids is 1. The quantitative estimate of drug-likeness (QED) is 0.878. The maximum atomic E-state index is 12.5. The van der Waals surface area contributed by atoms with Crippen molar-refractivity contribution in [1.82, 2.24) is 10.3 Å². The minimum atomic E-state index is -0.0187. The summed E-state index contributed by atoms with van der Waals surface area (Å²) in [4.78, 5) is 16.8. The summed E-state index contributed by atoms with van der Waals surface area (Å²) in [5, 5.41) is 6.43. The third kappa shape index (κ3) is 3.97. The number of aromatic nitrogens is 1. The molecular weight excluding hydrogens is 278 g/mol. The van der Waals surface area contributed by atoms with Gasteiger partial charge in [-0.15, -0.1) is 0 Å². The minimum Gasteiger partial charge on any atom is -0.376 e. The van der Waals surface area contributed by atoms with Gasteiger partial charge in [-0.05, 0) is 37.8 Å². The highest BCUT2D eigenvalue weighted by Gasteiger charge is 2.20. The summed E-state index contributed by atoms with van der Waals surface area (Å²) in [6.07, 6.45) is 10.0. The van der Waals surface area contributed by atoms with E-state index in [-0.39, 0.29) is 12.0 Å². The van der Waals surface area contributed by atoms with Crippen molar-refractivity contribution >= 4 is 11.7 Å². The molecule has 3 rings (SSSR count). The van der Waals surface area contributed by atoms with Crippen molar-refractivity contribution in [3.05, 3.63) is 23.9 Å². The fourth-order valence-corrected chi connectivity index (χ4v) is 3.26. The predicted molar refractivity (Wildman–Crippen MR) is 86.0 cm³/mol. The van der Waals surface area contributed by atoms with Crippen LogP contribution >= 0.6 is 0 Å². The van der Waals surface area contributed by atoms with Gasteiger partial charge in [-0.25, -0.2) is 4.98 Å². The number of pyridine rings is 1. The minimum absolute atomic E-state index is 0.0187. The van der Waals surface area contributed by atoms with Crippen LogP contribution < -0.4 is 10.6 Å². The van der Waals surface area contributed by atoms with Crippen molar-refractivity contribution in [1.29, 1.82) is 0 Å². The topological polar surface area (TPSA) is 63.2 Å². The molecule has 1 aliphatic heterocycles. The zero-order valence-corrected chi connectivity index (χ0v) is 13.0. The predicted octanol–water partition coefficient (Wildman–Crippen LogP) is 2.74. The van der Waals surface area contributed by atoms with Gasteiger partial charge in [-0.3, -0.25) is 4.79 Å². The SMILES string of the molecule is O=C(NC1CCCCC1)c1cccnc1NC[C@H]1CCCO1. The van der Waals surface area contributed by atoms with Crippen molar-refractivity contribution in [3.8, 4) is 0 Å². The largest absolute Gasteiger partial charge is 0.376 e. The molecule has 0 radical (unpaired) electrons. The maximum Gasteiger partial charge on any atom is 0.255 e. The van der Waals surface area contributed by atoms with Crippen LogP contribution in [-0.4, -0.2) is 36.2 Å². The molecule has 5 heteroatoms. The molecule has 1 atom stereocenters. The van der Waals surface area contributed by atoms with Crippen LogP contribution in [0.15, 0.2) is 18.3 Å². The monoisotopic (exact) mass is 303 g/mol. The van der Waals surface area contributed by atoms with Gasteiger partial charge in [0.15, 0.2) is 0 Å². The van der Waals surface area contributed by atoms with E-state index < -0.39 is 0 Å². The first-order chi connectivity index (χ1) is 10.8. The number of hydrogen-bond acceptors (Lipinski definition) is 4. The Morgan fingerprint density at radius 3 is 2.86 bits per heavy atom. The van der Waals surface area contributed by atoms with E-state index in [2.05, 4.69) is 15.6 Å². The van der Waals surface area contributed by atoms with Crippen molar-refractivity contribution in [2.24, 2.45) is 0 Å². The third-order valence-electron chi connectivity index (χ3n) is 4.51. The van der Waals surface area contributed by atoms with Crippen molar-refractivity contribution < 1.29 is 9.53 Å². The van der Waals surface area contributed by atoms with E-state index in [1.165, 1.54) is 19.3 Å². The van der Waals surface area contributed by atoms with Crippen LogP contribution in [-0.2, 0) is 4.74 Å². The Morgan fingerprint density at radius 2 is 2.09 bits per heavy atom. The summed E-state index contributed by atoms with van der Waals surface area (Å²) < 4.78 is 5.61. The standard InChI is InChI=1S/C17H25N3O2/c21-17(20-13-6-2-1-3-7-13)15-9-4-10-18-16(15)19-12-14-8-5-11-22-14/h4,9-10,13-14H,1-3,5-8,11-12H2,(H,18,19)(H,20,21)/t14-/m1/s1. The van der Waals surface area contributed by atoms with E-state index in [1.54, 1.807) is 6.20 Å². The van der Waals surface area contributed by atoms with E-state index >= 15 is 0 Å². The molecule has 120 valence electrons. The molecule has 5 nitrogen and oxygen atoms in total. The van der Waals surface area contributed by atoms with Gasteiger partial charge < -0.3 is 15.4 Å². The molecule has 2 N–H and O–H groups in total. The summed E-state index contributed by atoms with van der Waals surface area (Å²) in [5.41, 5.74) is 0.631. The Labute approximate surface area is 131 Å². The Bertz CT molecular complexity index is 494. The molecule has 1 saturated carbocycles. The number of hydrogen-bond donors (Lipinski definition) is 2. The molecule has 2 heterocycles. The van der Waals surface area contributed by atoms with Gasteiger partial charge in [-0.1, -0.05) is 19.3 Å². The molecular formula is C17H25N3O2. The van der Waals surface area contributed by atoms with Crippen LogP contribution in [0.25, 0.3) is 0 Å². The van der Waals surface area contributed by atoms with Gasteiger partial charge in [-0.2, -0.15) is 0 Å². The fraction of sp³-hybridized carbons (Fsp3) is 0.647. The third-order valence-corrected chi connectivity index (χ3v) is 4.51. The van der Waals surface area contributed by atoms with Crippen molar-refractivity contribution in [2.45, 2.75) is 57.1 Å². The molecule has 1 aromatic rings. The van der Waals surface area contributed by atoms with Crippen molar-refractivity contribution in [3.63, 3.8) is 0 Å². The van der Waals surface area contributed by atoms with E-state index in [0.29, 0.717) is 24.0 Å². The first-order valence-corrected chi connectivity index (χ1v) is 8.44. The average Bonchev–Trinajstić information content (AvgIpc) is 3.07. The summed E-state index contributed by atoms with van der Waals surface area (Å²) >= 11 is 0. The smallest absolute Gasteiger partial charge is 0.255 e. The van der Waals surface area contributed by atoms with Gasteiger partial charge in [0.1, 0.15) is 5.82 Å². The molecule has 2 aliphatic rings. The number of anilines is 1. The number of nitrogens with one attached hydrogen (secondary N) is 2. The van der Waals surface area contributed by atoms with Crippen LogP contribution in [0.3, 0.4) is 0 Å². The van der Waals surface area contributed by atoms with Gasteiger partial charge in [0.2, 0.25) is 0 Å². The molecule has 0 unspecified atom stereocenters. The van der Waals surface area contributed by atoms with Crippen LogP contribution in [0.4, 0.5) is 5.82 Å². The first-order valence-electron chi connectivity index (χ1n) is 8.44. The lowest BCUT2D eigenvalue weighted by Gasteiger charge is -2.23. The Balaban J connectivity index is 1.60. The molecule has 1 saturated heterocycles. The first kappa shape index (κ1) is 15.3. The molecule has 22 heavy (non-hydrogen) atoms. The molecule has 0 bridgehead atoms. The summed E-state index contributed by atoms with van der Waals surface area (Å²) in [6.45, 7) is 1.55. The highest BCUT2D eigenvalue weighted by Crippen LogP contribution is 2.19. The number of rotatable bonds is 5. The van der Waals surface area contributed by atoms with Crippen LogP contribution in [0.2, 0.25) is 0 Å². The summed E-state index contributed by atoms with van der Waals surface area (Å²) in [6, 6.07) is 3.96. The molecule has 0 aromatic carbocycles. The highest BCUT2D eigenvalue weighted by molar-refractivity contribution is 5.98. The Morgan fingerprint density at radius 1 is 1.23 bits per heavy atom. The fourth-order valence-electron chi connectivity index (χ4n) is 3.26. The highest BCUT2D eigenvalue weighted by atomic mass is 16.5. The zero-order chi connectivity index (χ0) is 15.2. The van der Waals surface area contributed by atoms with E-state index in [0.717, 1.165) is 32.3 Å². The zero-order valence-electron chi connectivity index (χ0n) is 13.0. The van der Waals surface area contributed by atoms with E-state index in [4.69, 9.17) is 4.74 Å². The molecule has 0 spiro atoms. The van der Waals surface area contributed by atoms with E-state index in [1.807, 2.05) is 12.1 Å². The summed E-state index contributed by atoms with van der Waals surface area (Å²) in [7, 11) is 0. The van der Waals surface area contributed by atoms with Gasteiger partial charge in [0, 0.05) is 25.4 Å². The Hall–Kier alpha value is -1.62. The second-order valence-corrected chi connectivity index (χ2v) is 6.22. The molecule has 1 aliphatic carbocycles. The normalized spacial score (nSPS) is 22.5. The van der Waals surface area contributed by atoms with E-state index in [9.17, 15) is 4.79 Å². The summed E-state index contributed by atoms with van der Waals surface area (Å²) in [5.74, 6) is 0.640. The van der Waals surface area contributed by atoms with Crippen LogP contribution in [0.1, 0.15) is 55.3 Å². The van der Waals surface area contributed by atoms with Gasteiger partial charge >= 0.3 is 0 Å². The lowest BCUT2D eigenvalue weighted by atomic mass is 9.95. The lowest BCUT2D eigenvalue weighted by Crippen LogP contribution is -2.36. The molecule has 1 amide bonds. The average molecular weight is 303 g/mol. The Kier molecular flexibility index (Phi) is 5.27. The lowest BCUT2D eigenvalue weighted by molar-refractivity contribution is 0.0927. The maximum absolute atomic E-state index is 12.5. The molecule has 1 aromatic heterocycles.